The second kappa shape index (κ2) is 9.35. The number of thioether (sulfide) groups is 1. The van der Waals surface area contributed by atoms with Crippen molar-refractivity contribution in [3.05, 3.63) is 45.6 Å². The highest BCUT2D eigenvalue weighted by Crippen LogP contribution is 2.28. The van der Waals surface area contributed by atoms with E-state index in [0.717, 1.165) is 12.2 Å². The molecular weight excluding hydrogens is 424 g/mol. The number of benzene rings is 1. The zero-order valence-electron chi connectivity index (χ0n) is 16.0. The van der Waals surface area contributed by atoms with Crippen LogP contribution in [-0.4, -0.2) is 36.7 Å². The predicted molar refractivity (Wildman–Crippen MR) is 116 cm³/mol. The first kappa shape index (κ1) is 20.5. The average Bonchev–Trinajstić information content (AvgIpc) is 3.49. The van der Waals surface area contributed by atoms with E-state index in [1.54, 1.807) is 17.5 Å². The lowest BCUT2D eigenvalue weighted by Crippen LogP contribution is -2.13. The summed E-state index contributed by atoms with van der Waals surface area (Å²) in [6.45, 7) is 0. The van der Waals surface area contributed by atoms with Gasteiger partial charge in [0.15, 0.2) is 5.13 Å². The van der Waals surface area contributed by atoms with Gasteiger partial charge in [-0.2, -0.15) is 0 Å². The minimum atomic E-state index is -0.446. The normalized spacial score (nSPS) is 14.1. The first-order chi connectivity index (χ1) is 14.6. The van der Waals surface area contributed by atoms with Gasteiger partial charge in [-0.05, 0) is 5.92 Å². The summed E-state index contributed by atoms with van der Waals surface area (Å²) in [5, 5.41) is 23.6. The van der Waals surface area contributed by atoms with Gasteiger partial charge in [0.2, 0.25) is 11.1 Å². The Balaban J connectivity index is 1.29. The van der Waals surface area contributed by atoms with Crippen molar-refractivity contribution >= 4 is 39.8 Å². The monoisotopic (exact) mass is 444 g/mol. The molecule has 1 amide bonds. The molecule has 0 spiro atoms. The molecule has 1 aliphatic rings. The number of carbonyl (C=O) groups excluding carboxylic acids is 1. The van der Waals surface area contributed by atoms with Crippen LogP contribution in [0.15, 0.2) is 34.8 Å². The molecule has 0 atom stereocenters. The van der Waals surface area contributed by atoms with Crippen LogP contribution >= 0.6 is 23.1 Å². The Morgan fingerprint density at radius 2 is 2.17 bits per heavy atom. The van der Waals surface area contributed by atoms with Crippen LogP contribution in [0.3, 0.4) is 0 Å². The molecule has 2 aromatic heterocycles. The lowest BCUT2D eigenvalue weighted by molar-refractivity contribution is -0.384. The smallest absolute Gasteiger partial charge is 0.270 e. The second-order valence-corrected chi connectivity index (χ2v) is 8.90. The molecule has 0 bridgehead atoms. The highest BCUT2D eigenvalue weighted by atomic mass is 32.2. The molecule has 0 aliphatic heterocycles. The number of aromatic amines is 1. The molecule has 2 heterocycles. The molecule has 1 aliphatic carbocycles. The highest BCUT2D eigenvalue weighted by molar-refractivity contribution is 7.99. The molecule has 11 heteroatoms. The van der Waals surface area contributed by atoms with Crippen LogP contribution in [0.4, 0.5) is 10.8 Å². The third-order valence-corrected chi connectivity index (χ3v) is 6.51. The van der Waals surface area contributed by atoms with Gasteiger partial charge in [-0.3, -0.25) is 20.0 Å². The summed E-state index contributed by atoms with van der Waals surface area (Å²) < 4.78 is 0. The average molecular weight is 445 g/mol. The molecule has 156 valence electrons. The Hall–Kier alpha value is -2.79. The van der Waals surface area contributed by atoms with Crippen LogP contribution in [0.1, 0.15) is 31.5 Å². The van der Waals surface area contributed by atoms with Crippen molar-refractivity contribution in [2.45, 2.75) is 37.3 Å². The largest absolute Gasteiger partial charge is 0.301 e. The number of hydrogen-bond acceptors (Lipinski definition) is 8. The maximum absolute atomic E-state index is 12.2. The minimum absolute atomic E-state index is 0.00119. The molecule has 0 saturated heterocycles. The number of nitrogens with one attached hydrogen (secondary N) is 2. The minimum Gasteiger partial charge on any atom is -0.301 e. The number of thiazole rings is 1. The number of amides is 1. The number of rotatable bonds is 8. The Bertz CT molecular complexity index is 1040. The fourth-order valence-corrected chi connectivity index (χ4v) is 4.80. The molecule has 3 aromatic rings. The van der Waals surface area contributed by atoms with Gasteiger partial charge in [0.1, 0.15) is 5.82 Å². The van der Waals surface area contributed by atoms with Crippen molar-refractivity contribution in [2.24, 2.45) is 5.92 Å². The zero-order chi connectivity index (χ0) is 20.9. The standard InChI is InChI=1S/C19H20N6O3S2/c26-17(11-30-19-21-16(23-24-19)8-12-4-1-2-5-12)22-18-20-15(10-29-18)13-6-3-7-14(9-13)25(27)28/h3,6-7,9-10,12H,1-2,4-5,8,11H2,(H,20,22,26)(H,21,23,24). The van der Waals surface area contributed by atoms with Crippen molar-refractivity contribution in [2.75, 3.05) is 11.1 Å². The number of nitrogens with zero attached hydrogens (tertiary/aromatic N) is 4. The summed E-state index contributed by atoms with van der Waals surface area (Å²) in [4.78, 5) is 31.5. The summed E-state index contributed by atoms with van der Waals surface area (Å²) in [6, 6.07) is 6.25. The van der Waals surface area contributed by atoms with E-state index in [-0.39, 0.29) is 17.3 Å². The van der Waals surface area contributed by atoms with Crippen LogP contribution in [0.25, 0.3) is 11.3 Å². The van der Waals surface area contributed by atoms with Crippen LogP contribution in [0.2, 0.25) is 0 Å². The lowest BCUT2D eigenvalue weighted by atomic mass is 10.0. The number of H-pyrrole nitrogens is 1. The maximum Gasteiger partial charge on any atom is 0.270 e. The summed E-state index contributed by atoms with van der Waals surface area (Å²) in [5.41, 5.74) is 1.21. The molecule has 1 fully saturated rings. The number of nitro groups is 1. The Labute approximate surface area is 180 Å². The van der Waals surface area contributed by atoms with Crippen LogP contribution in [-0.2, 0) is 11.2 Å². The molecule has 4 rings (SSSR count). The van der Waals surface area contributed by atoms with Gasteiger partial charge in [0, 0.05) is 29.5 Å². The quantitative estimate of drug-likeness (QED) is 0.301. The summed E-state index contributed by atoms with van der Waals surface area (Å²) in [5.74, 6) is 1.53. The van der Waals surface area contributed by atoms with E-state index in [1.807, 2.05) is 0 Å². The third kappa shape index (κ3) is 5.22. The van der Waals surface area contributed by atoms with Gasteiger partial charge in [-0.15, -0.1) is 16.4 Å². The van der Waals surface area contributed by atoms with Crippen molar-refractivity contribution < 1.29 is 9.72 Å². The molecule has 0 unspecified atom stereocenters. The van der Waals surface area contributed by atoms with E-state index in [9.17, 15) is 14.9 Å². The van der Waals surface area contributed by atoms with Crippen LogP contribution in [0, 0.1) is 16.0 Å². The van der Waals surface area contributed by atoms with Crippen molar-refractivity contribution in [3.63, 3.8) is 0 Å². The number of aromatic nitrogens is 4. The fraction of sp³-hybridized carbons (Fsp3) is 0.368. The van der Waals surface area contributed by atoms with E-state index >= 15 is 0 Å². The van der Waals surface area contributed by atoms with Crippen LogP contribution in [0.5, 0.6) is 0 Å². The Morgan fingerprint density at radius 1 is 1.33 bits per heavy atom. The van der Waals surface area contributed by atoms with E-state index in [1.165, 1.54) is 60.9 Å². The third-order valence-electron chi connectivity index (χ3n) is 4.90. The maximum atomic E-state index is 12.2. The predicted octanol–water partition coefficient (Wildman–Crippen LogP) is 4.30. The molecule has 9 nitrogen and oxygen atoms in total. The summed E-state index contributed by atoms with van der Waals surface area (Å²) >= 11 is 2.54. The molecular formula is C19H20N6O3S2. The van der Waals surface area contributed by atoms with Gasteiger partial charge in [0.25, 0.3) is 5.69 Å². The van der Waals surface area contributed by atoms with Crippen molar-refractivity contribution in [1.29, 1.82) is 0 Å². The number of non-ortho nitro benzene ring substituents is 1. The van der Waals surface area contributed by atoms with Crippen molar-refractivity contribution in [1.82, 2.24) is 20.2 Å². The number of anilines is 1. The molecule has 1 saturated carbocycles. The lowest BCUT2D eigenvalue weighted by Gasteiger charge is -2.04. The van der Waals surface area contributed by atoms with Crippen LogP contribution < -0.4 is 5.32 Å². The van der Waals surface area contributed by atoms with Gasteiger partial charge >= 0.3 is 0 Å². The molecule has 1 aromatic carbocycles. The second-order valence-electron chi connectivity index (χ2n) is 7.10. The topological polar surface area (TPSA) is 127 Å². The number of carbonyl (C=O) groups is 1. The summed E-state index contributed by atoms with van der Waals surface area (Å²) in [7, 11) is 0. The first-order valence-corrected chi connectivity index (χ1v) is 11.5. The Kier molecular flexibility index (Phi) is 6.38. The number of hydrogen-bond donors (Lipinski definition) is 2. The molecule has 2 N–H and O–H groups in total. The van der Waals surface area contributed by atoms with Gasteiger partial charge < -0.3 is 5.32 Å². The van der Waals surface area contributed by atoms with Gasteiger partial charge in [-0.25, -0.2) is 9.97 Å². The van der Waals surface area contributed by atoms with E-state index in [2.05, 4.69) is 25.5 Å². The Morgan fingerprint density at radius 3 is 2.97 bits per heavy atom. The molecule has 0 radical (unpaired) electrons. The van der Waals surface area contributed by atoms with E-state index < -0.39 is 4.92 Å². The highest BCUT2D eigenvalue weighted by Gasteiger charge is 2.18. The van der Waals surface area contributed by atoms with Gasteiger partial charge in [0.05, 0.1) is 16.4 Å². The number of nitro benzene ring substituents is 1. The van der Waals surface area contributed by atoms with E-state index in [0.29, 0.717) is 27.5 Å². The molecule has 30 heavy (non-hydrogen) atoms. The van der Waals surface area contributed by atoms with E-state index in [4.69, 9.17) is 0 Å². The first-order valence-electron chi connectivity index (χ1n) is 9.61. The summed E-state index contributed by atoms with van der Waals surface area (Å²) in [6.07, 6.45) is 6.00. The van der Waals surface area contributed by atoms with Crippen molar-refractivity contribution in [3.8, 4) is 11.3 Å². The zero-order valence-corrected chi connectivity index (χ0v) is 17.7. The fourth-order valence-electron chi connectivity index (χ4n) is 3.45. The SMILES string of the molecule is O=C(CSc1n[nH]c(CC2CCCC2)n1)Nc1nc(-c2cccc([N+](=O)[O-])c2)cs1. The van der Waals surface area contributed by atoms with Gasteiger partial charge in [-0.1, -0.05) is 49.6 Å².